The van der Waals surface area contributed by atoms with Gasteiger partial charge in [0, 0.05) is 11.6 Å². The number of aliphatic hydroxyl groups is 1. The molecule has 2 aromatic carbocycles. The van der Waals surface area contributed by atoms with E-state index in [9.17, 15) is 13.5 Å². The smallest absolute Gasteiger partial charge is 0.175 e. The molecule has 24 heavy (non-hydrogen) atoms. The maximum absolute atomic E-state index is 11.8. The zero-order valence-corrected chi connectivity index (χ0v) is 13.9. The molecule has 0 saturated heterocycles. The first kappa shape index (κ1) is 16.4. The van der Waals surface area contributed by atoms with Crippen LogP contribution in [0.5, 0.6) is 0 Å². The molecule has 1 aromatic heterocycles. The topological polar surface area (TPSA) is 92.2 Å². The Labute approximate surface area is 140 Å². The number of nitrogens with zero attached hydrogens (tertiary/aromatic N) is 2. The molecule has 0 unspecified atom stereocenters. The minimum atomic E-state index is -3.33. The molecule has 6 nitrogen and oxygen atoms in total. The summed E-state index contributed by atoms with van der Waals surface area (Å²) in [5.41, 5.74) is 1.54. The minimum Gasteiger partial charge on any atom is -0.394 e. The Morgan fingerprint density at radius 2 is 1.88 bits per heavy atom. The molecule has 0 bridgehead atoms. The molecule has 1 heterocycles. The number of benzene rings is 2. The number of aliphatic hydroxyl groups excluding tert-OH is 1. The van der Waals surface area contributed by atoms with E-state index >= 15 is 0 Å². The Morgan fingerprint density at radius 3 is 2.54 bits per heavy atom. The van der Waals surface area contributed by atoms with Gasteiger partial charge >= 0.3 is 0 Å². The molecule has 3 aromatic rings. The van der Waals surface area contributed by atoms with Crippen molar-refractivity contribution in [2.24, 2.45) is 0 Å². The second-order valence-electron chi connectivity index (χ2n) is 5.46. The van der Waals surface area contributed by atoms with E-state index in [-0.39, 0.29) is 17.5 Å². The molecule has 0 fully saturated rings. The van der Waals surface area contributed by atoms with Crippen molar-refractivity contribution in [2.75, 3.05) is 18.2 Å². The Morgan fingerprint density at radius 1 is 1.12 bits per heavy atom. The Hall–Kier alpha value is -2.51. The van der Waals surface area contributed by atoms with E-state index in [1.165, 1.54) is 12.4 Å². The number of nitrogens with one attached hydrogen (secondary N) is 1. The summed E-state index contributed by atoms with van der Waals surface area (Å²) in [6, 6.07) is 13.8. The van der Waals surface area contributed by atoms with Crippen LogP contribution >= 0.6 is 0 Å². The summed E-state index contributed by atoms with van der Waals surface area (Å²) >= 11 is 0. The van der Waals surface area contributed by atoms with Crippen LogP contribution in [0.3, 0.4) is 0 Å². The van der Waals surface area contributed by atoms with Crippen LogP contribution in [0.4, 0.5) is 5.82 Å². The molecular formula is C17H17N3O3S. The SMILES string of the molecule is CS(=O)(=O)c1ccc2ncnc(N[C@@H](CO)c3ccccc3)c2c1. The molecule has 0 spiro atoms. The largest absolute Gasteiger partial charge is 0.394 e. The third-order valence-corrected chi connectivity index (χ3v) is 4.84. The van der Waals surface area contributed by atoms with Crippen LogP contribution in [0.1, 0.15) is 11.6 Å². The normalized spacial score (nSPS) is 12.9. The fraction of sp³-hybridized carbons (Fsp3) is 0.176. The third kappa shape index (κ3) is 3.37. The number of hydrogen-bond acceptors (Lipinski definition) is 6. The second-order valence-corrected chi connectivity index (χ2v) is 7.48. The van der Waals surface area contributed by atoms with Crippen LogP contribution in [-0.2, 0) is 9.84 Å². The zero-order valence-electron chi connectivity index (χ0n) is 13.0. The van der Waals surface area contributed by atoms with Gasteiger partial charge in [-0.3, -0.25) is 0 Å². The number of fused-ring (bicyclic) bond motifs is 1. The number of aromatic nitrogens is 2. The van der Waals surface area contributed by atoms with Crippen molar-refractivity contribution in [3.63, 3.8) is 0 Å². The molecule has 0 aliphatic heterocycles. The van der Waals surface area contributed by atoms with Gasteiger partial charge in [0.15, 0.2) is 9.84 Å². The van der Waals surface area contributed by atoms with Gasteiger partial charge in [-0.05, 0) is 23.8 Å². The number of sulfone groups is 1. The van der Waals surface area contributed by atoms with Crippen molar-refractivity contribution in [3.05, 3.63) is 60.4 Å². The van der Waals surface area contributed by atoms with E-state index in [1.807, 2.05) is 30.3 Å². The first-order chi connectivity index (χ1) is 11.5. The molecule has 0 aliphatic rings. The molecule has 124 valence electrons. The van der Waals surface area contributed by atoms with Gasteiger partial charge in [0.1, 0.15) is 12.1 Å². The molecule has 1 atom stereocenters. The van der Waals surface area contributed by atoms with Gasteiger partial charge in [-0.1, -0.05) is 30.3 Å². The quantitative estimate of drug-likeness (QED) is 0.738. The monoisotopic (exact) mass is 343 g/mol. The van der Waals surface area contributed by atoms with Crippen LogP contribution < -0.4 is 5.32 Å². The molecule has 0 amide bonds. The van der Waals surface area contributed by atoms with Gasteiger partial charge in [-0.2, -0.15) is 0 Å². The van der Waals surface area contributed by atoms with E-state index in [2.05, 4.69) is 15.3 Å². The Balaban J connectivity index is 2.05. The lowest BCUT2D eigenvalue weighted by Gasteiger charge is -2.18. The van der Waals surface area contributed by atoms with Gasteiger partial charge in [0.25, 0.3) is 0 Å². The highest BCUT2D eigenvalue weighted by atomic mass is 32.2. The van der Waals surface area contributed by atoms with Crippen LogP contribution in [0.25, 0.3) is 10.9 Å². The van der Waals surface area contributed by atoms with Crippen LogP contribution in [0.15, 0.2) is 59.8 Å². The van der Waals surface area contributed by atoms with E-state index in [4.69, 9.17) is 0 Å². The lowest BCUT2D eigenvalue weighted by Crippen LogP contribution is -2.16. The molecule has 0 aliphatic carbocycles. The van der Waals surface area contributed by atoms with Crippen molar-refractivity contribution in [3.8, 4) is 0 Å². The van der Waals surface area contributed by atoms with Crippen molar-refractivity contribution in [1.29, 1.82) is 0 Å². The van der Waals surface area contributed by atoms with Crippen molar-refractivity contribution >= 4 is 26.6 Å². The number of hydrogen-bond donors (Lipinski definition) is 2. The van der Waals surface area contributed by atoms with Crippen molar-refractivity contribution < 1.29 is 13.5 Å². The molecule has 0 saturated carbocycles. The first-order valence-corrected chi connectivity index (χ1v) is 9.25. The Bertz CT molecular complexity index is 959. The molecule has 0 radical (unpaired) electrons. The van der Waals surface area contributed by atoms with Crippen LogP contribution in [0.2, 0.25) is 0 Å². The van der Waals surface area contributed by atoms with Gasteiger partial charge in [-0.15, -0.1) is 0 Å². The highest BCUT2D eigenvalue weighted by molar-refractivity contribution is 7.90. The first-order valence-electron chi connectivity index (χ1n) is 7.36. The summed E-state index contributed by atoms with van der Waals surface area (Å²) in [4.78, 5) is 8.58. The average Bonchev–Trinajstić information content (AvgIpc) is 2.59. The molecule has 2 N–H and O–H groups in total. The van der Waals surface area contributed by atoms with Crippen molar-refractivity contribution in [2.45, 2.75) is 10.9 Å². The lowest BCUT2D eigenvalue weighted by molar-refractivity contribution is 0.276. The highest BCUT2D eigenvalue weighted by Gasteiger charge is 2.15. The molecule has 7 heteroatoms. The van der Waals surface area contributed by atoms with Crippen LogP contribution in [-0.4, -0.2) is 36.4 Å². The van der Waals surface area contributed by atoms with E-state index in [0.29, 0.717) is 16.7 Å². The average molecular weight is 343 g/mol. The lowest BCUT2D eigenvalue weighted by atomic mass is 10.1. The maximum Gasteiger partial charge on any atom is 0.175 e. The van der Waals surface area contributed by atoms with Crippen molar-refractivity contribution in [1.82, 2.24) is 9.97 Å². The highest BCUT2D eigenvalue weighted by Crippen LogP contribution is 2.26. The molecule has 3 rings (SSSR count). The van der Waals surface area contributed by atoms with Gasteiger partial charge < -0.3 is 10.4 Å². The summed E-state index contributed by atoms with van der Waals surface area (Å²) in [5.74, 6) is 0.480. The minimum absolute atomic E-state index is 0.124. The molecular weight excluding hydrogens is 326 g/mol. The van der Waals surface area contributed by atoms with E-state index in [1.54, 1.807) is 12.1 Å². The standard InChI is InChI=1S/C17H17N3O3S/c1-24(22,23)13-7-8-15-14(9-13)17(19-11-18-15)20-16(10-21)12-5-3-2-4-6-12/h2-9,11,16,21H,10H2,1H3,(H,18,19,20)/t16-/m0/s1. The van der Waals surface area contributed by atoms with Crippen LogP contribution in [0, 0.1) is 0 Å². The maximum atomic E-state index is 11.8. The Kier molecular flexibility index (Phi) is 4.46. The third-order valence-electron chi connectivity index (χ3n) is 3.73. The fourth-order valence-electron chi connectivity index (χ4n) is 2.47. The fourth-order valence-corrected chi connectivity index (χ4v) is 3.11. The van der Waals surface area contributed by atoms with Gasteiger partial charge in [-0.25, -0.2) is 18.4 Å². The number of rotatable bonds is 5. The summed E-state index contributed by atoms with van der Waals surface area (Å²) < 4.78 is 23.6. The summed E-state index contributed by atoms with van der Waals surface area (Å²) in [6.07, 6.45) is 2.57. The second kappa shape index (κ2) is 6.54. The number of anilines is 1. The summed E-state index contributed by atoms with van der Waals surface area (Å²) in [6.45, 7) is -0.124. The summed E-state index contributed by atoms with van der Waals surface area (Å²) in [7, 11) is -3.33. The van der Waals surface area contributed by atoms with Gasteiger partial charge in [0.05, 0.1) is 23.1 Å². The predicted octanol–water partition coefficient (Wildman–Crippen LogP) is 2.18. The predicted molar refractivity (Wildman–Crippen MR) is 92.5 cm³/mol. The summed E-state index contributed by atoms with van der Waals surface area (Å²) in [5, 5.41) is 13.5. The van der Waals surface area contributed by atoms with E-state index in [0.717, 1.165) is 11.8 Å². The van der Waals surface area contributed by atoms with Gasteiger partial charge in [0.2, 0.25) is 0 Å². The van der Waals surface area contributed by atoms with E-state index < -0.39 is 9.84 Å². The zero-order chi connectivity index (χ0) is 17.2.